The molecule has 0 aliphatic carbocycles. The molecule has 0 unspecified atom stereocenters. The van der Waals surface area contributed by atoms with Crippen molar-refractivity contribution < 1.29 is 14.0 Å². The van der Waals surface area contributed by atoms with E-state index in [0.29, 0.717) is 29.7 Å². The van der Waals surface area contributed by atoms with Gasteiger partial charge < -0.3 is 20.8 Å². The molecule has 2 amide bonds. The van der Waals surface area contributed by atoms with Gasteiger partial charge >= 0.3 is 0 Å². The number of hydrogen-bond donors (Lipinski definition) is 3. The smallest absolute Gasteiger partial charge is 0.287 e. The van der Waals surface area contributed by atoms with Gasteiger partial charge in [-0.15, -0.1) is 21.5 Å². The van der Waals surface area contributed by atoms with Crippen LogP contribution in [-0.4, -0.2) is 51.9 Å². The van der Waals surface area contributed by atoms with E-state index in [4.69, 9.17) is 26.7 Å². The molecule has 0 fully saturated rings. The molecule has 0 spiro atoms. The molecule has 1 aromatic carbocycles. The molecule has 0 bridgehead atoms. The number of aryl methyl sites for hydroxylation is 2. The van der Waals surface area contributed by atoms with Crippen LogP contribution in [0, 0.1) is 32.6 Å². The van der Waals surface area contributed by atoms with Gasteiger partial charge in [-0.2, -0.15) is 0 Å². The number of furan rings is 1. The molecule has 4 aromatic rings. The van der Waals surface area contributed by atoms with E-state index in [0.717, 1.165) is 71.8 Å². The number of halogens is 1. The van der Waals surface area contributed by atoms with Crippen LogP contribution in [0.2, 0.25) is 5.02 Å². The first kappa shape index (κ1) is 34.1. The molecule has 1 aliphatic heterocycles. The topological polar surface area (TPSA) is 140 Å². The first-order valence-corrected chi connectivity index (χ1v) is 17.2. The second-order valence-electron chi connectivity index (χ2n) is 11.5. The lowest BCUT2D eigenvalue weighted by Gasteiger charge is -2.13. The third kappa shape index (κ3) is 8.38. The van der Waals surface area contributed by atoms with Crippen molar-refractivity contribution in [2.45, 2.75) is 71.8 Å². The Hall–Kier alpha value is -4.24. The minimum absolute atomic E-state index is 0.0644. The predicted molar refractivity (Wildman–Crippen MR) is 186 cm³/mol. The highest BCUT2D eigenvalue weighted by molar-refractivity contribution is 7.15. The van der Waals surface area contributed by atoms with Crippen LogP contribution in [-0.2, 0) is 4.79 Å². The SMILES string of the molecule is Cc1sc2c(c1C)C(c1ccc(Cl)cc1)=N[C@@H](CC(=O)NCCCCCCCCNC(=O)c1ccc(C#CCN)o1)c1nnc(C)n1-2. The predicted octanol–water partition coefficient (Wildman–Crippen LogP) is 5.98. The van der Waals surface area contributed by atoms with Crippen molar-refractivity contribution in [3.8, 4) is 16.8 Å². The summed E-state index contributed by atoms with van der Waals surface area (Å²) in [5, 5.41) is 16.5. The van der Waals surface area contributed by atoms with Crippen LogP contribution >= 0.6 is 22.9 Å². The molecule has 5 rings (SSSR count). The Morgan fingerprint density at radius 2 is 1.68 bits per heavy atom. The molecule has 10 nitrogen and oxygen atoms in total. The summed E-state index contributed by atoms with van der Waals surface area (Å²) >= 11 is 7.90. The summed E-state index contributed by atoms with van der Waals surface area (Å²) in [5.74, 6) is 7.29. The zero-order valence-electron chi connectivity index (χ0n) is 27.0. The van der Waals surface area contributed by atoms with E-state index < -0.39 is 6.04 Å². The number of aliphatic imine (C=N–C) groups is 1. The highest BCUT2D eigenvalue weighted by Gasteiger charge is 2.32. The zero-order chi connectivity index (χ0) is 33.3. The Balaban J connectivity index is 1.08. The molecule has 47 heavy (non-hydrogen) atoms. The van der Waals surface area contributed by atoms with Crippen LogP contribution in [0.1, 0.15) is 101 Å². The molecule has 246 valence electrons. The number of nitrogens with two attached hydrogens (primary N) is 1. The third-order valence-corrected chi connectivity index (χ3v) is 9.54. The van der Waals surface area contributed by atoms with E-state index >= 15 is 0 Å². The highest BCUT2D eigenvalue weighted by Crippen LogP contribution is 2.39. The normalized spacial score (nSPS) is 13.6. The second kappa shape index (κ2) is 16.0. The summed E-state index contributed by atoms with van der Waals surface area (Å²) in [7, 11) is 0. The van der Waals surface area contributed by atoms with E-state index in [1.54, 1.807) is 23.5 Å². The Labute approximate surface area is 284 Å². The van der Waals surface area contributed by atoms with Crippen molar-refractivity contribution >= 4 is 40.5 Å². The number of fused-ring (bicyclic) bond motifs is 3. The Bertz CT molecular complexity index is 1810. The fourth-order valence-corrected chi connectivity index (χ4v) is 6.86. The van der Waals surface area contributed by atoms with Gasteiger partial charge in [-0.05, 0) is 69.4 Å². The first-order valence-electron chi connectivity index (χ1n) is 16.0. The summed E-state index contributed by atoms with van der Waals surface area (Å²) in [6.07, 6.45) is 6.11. The molecular formula is C35H40ClN7O3S. The molecule has 4 N–H and O–H groups in total. The zero-order valence-corrected chi connectivity index (χ0v) is 28.6. The third-order valence-electron chi connectivity index (χ3n) is 8.09. The van der Waals surface area contributed by atoms with Gasteiger partial charge in [-0.1, -0.05) is 55.3 Å². The Kier molecular flexibility index (Phi) is 11.6. The molecular weight excluding hydrogens is 634 g/mol. The van der Waals surface area contributed by atoms with Crippen LogP contribution in [0.15, 0.2) is 45.8 Å². The molecule has 0 radical (unpaired) electrons. The van der Waals surface area contributed by atoms with Crippen LogP contribution in [0.25, 0.3) is 5.00 Å². The number of thiophene rings is 1. The van der Waals surface area contributed by atoms with E-state index in [-0.39, 0.29) is 30.5 Å². The van der Waals surface area contributed by atoms with Crippen LogP contribution in [0.5, 0.6) is 0 Å². The number of hydrogen-bond acceptors (Lipinski definition) is 8. The molecule has 3 aromatic heterocycles. The molecule has 4 heterocycles. The van der Waals surface area contributed by atoms with Gasteiger partial charge in [0.1, 0.15) is 16.9 Å². The lowest BCUT2D eigenvalue weighted by Crippen LogP contribution is -2.26. The number of unbranched alkanes of at least 4 members (excludes halogenated alkanes) is 5. The number of carbonyl (C=O) groups excluding carboxylic acids is 2. The number of rotatable bonds is 13. The highest BCUT2D eigenvalue weighted by atomic mass is 35.5. The maximum Gasteiger partial charge on any atom is 0.287 e. The number of benzene rings is 1. The van der Waals surface area contributed by atoms with E-state index in [2.05, 4.69) is 51.1 Å². The number of aromatic nitrogens is 3. The number of nitrogens with one attached hydrogen (secondary N) is 2. The van der Waals surface area contributed by atoms with Crippen molar-refractivity contribution in [1.29, 1.82) is 0 Å². The van der Waals surface area contributed by atoms with E-state index in [1.165, 1.54) is 4.88 Å². The maximum atomic E-state index is 13.2. The fraction of sp³-hybridized carbons (Fsp3) is 0.400. The van der Waals surface area contributed by atoms with Crippen molar-refractivity contribution in [2.24, 2.45) is 10.7 Å². The van der Waals surface area contributed by atoms with Gasteiger partial charge in [0.15, 0.2) is 17.3 Å². The van der Waals surface area contributed by atoms with Gasteiger partial charge in [0.05, 0.1) is 18.7 Å². The summed E-state index contributed by atoms with van der Waals surface area (Å²) in [4.78, 5) is 31.8. The van der Waals surface area contributed by atoms with E-state index in [9.17, 15) is 9.59 Å². The molecule has 0 saturated carbocycles. The molecule has 1 atom stereocenters. The van der Waals surface area contributed by atoms with Crippen molar-refractivity contribution in [2.75, 3.05) is 19.6 Å². The summed E-state index contributed by atoms with van der Waals surface area (Å²) in [5.41, 5.74) is 9.35. The summed E-state index contributed by atoms with van der Waals surface area (Å²) in [6.45, 7) is 7.58. The Morgan fingerprint density at radius 3 is 2.40 bits per heavy atom. The van der Waals surface area contributed by atoms with Gasteiger partial charge in [0.25, 0.3) is 5.91 Å². The average molecular weight is 674 g/mol. The summed E-state index contributed by atoms with van der Waals surface area (Å²) in [6, 6.07) is 10.5. The van der Waals surface area contributed by atoms with Crippen molar-refractivity contribution in [3.63, 3.8) is 0 Å². The lowest BCUT2D eigenvalue weighted by atomic mass is 9.99. The fourth-order valence-electron chi connectivity index (χ4n) is 5.52. The van der Waals surface area contributed by atoms with Crippen molar-refractivity contribution in [1.82, 2.24) is 25.4 Å². The van der Waals surface area contributed by atoms with Crippen LogP contribution in [0.3, 0.4) is 0 Å². The van der Waals surface area contributed by atoms with Gasteiger partial charge in [-0.25, -0.2) is 0 Å². The number of amides is 2. The van der Waals surface area contributed by atoms with Crippen molar-refractivity contribution in [3.05, 3.63) is 86.2 Å². The first-order chi connectivity index (χ1) is 22.8. The standard InChI is InChI=1S/C35H40ClN7O3S/c1-22-23(2)47-35-31(22)32(25-12-14-26(36)15-13-25)40-28(33-42-41-24(3)43(33)35)21-30(44)38-19-8-6-4-5-7-9-20-39-34(45)29-17-16-27(46-29)11-10-18-37/h12-17,28H,4-9,18-21,37H2,1-3H3,(H,38,44)(H,39,45)/t28-/m0/s1. The molecule has 1 aliphatic rings. The quantitative estimate of drug-likeness (QED) is 0.118. The largest absolute Gasteiger partial charge is 0.443 e. The average Bonchev–Trinajstić information content (AvgIpc) is 3.74. The van der Waals surface area contributed by atoms with Gasteiger partial charge in [-0.3, -0.25) is 19.1 Å². The second-order valence-corrected chi connectivity index (χ2v) is 13.1. The number of nitrogens with zero attached hydrogens (tertiary/aromatic N) is 4. The maximum absolute atomic E-state index is 13.2. The number of carbonyl (C=O) groups is 2. The minimum Gasteiger partial charge on any atom is -0.443 e. The Morgan fingerprint density at radius 1 is 0.979 bits per heavy atom. The lowest BCUT2D eigenvalue weighted by molar-refractivity contribution is -0.121. The van der Waals surface area contributed by atoms with Crippen LogP contribution < -0.4 is 16.4 Å². The van der Waals surface area contributed by atoms with Gasteiger partial charge in [0, 0.05) is 34.1 Å². The monoisotopic (exact) mass is 673 g/mol. The van der Waals surface area contributed by atoms with E-state index in [1.807, 2.05) is 31.2 Å². The molecule has 0 saturated heterocycles. The summed E-state index contributed by atoms with van der Waals surface area (Å²) < 4.78 is 7.48. The molecule has 12 heteroatoms. The van der Waals surface area contributed by atoms with Crippen LogP contribution in [0.4, 0.5) is 0 Å². The minimum atomic E-state index is -0.485. The van der Waals surface area contributed by atoms with Gasteiger partial charge in [0.2, 0.25) is 5.91 Å².